The summed E-state index contributed by atoms with van der Waals surface area (Å²) in [6.07, 6.45) is 19.8. The van der Waals surface area contributed by atoms with Crippen molar-refractivity contribution in [2.75, 3.05) is 40.9 Å². The summed E-state index contributed by atoms with van der Waals surface area (Å²) in [4.78, 5) is 23.8. The summed E-state index contributed by atoms with van der Waals surface area (Å²) in [7, 11) is 2.07. The van der Waals surface area contributed by atoms with Crippen molar-refractivity contribution < 1.29 is 36.5 Å². The van der Waals surface area contributed by atoms with Gasteiger partial charge in [0.2, 0.25) is 0 Å². The van der Waals surface area contributed by atoms with Gasteiger partial charge in [-0.15, -0.1) is 0 Å². The Morgan fingerprint density at radius 2 is 1.00 bits per heavy atom. The third-order valence-electron chi connectivity index (χ3n) is 6.66. The lowest BCUT2D eigenvalue weighted by molar-refractivity contribution is -0.870. The van der Waals surface area contributed by atoms with Crippen LogP contribution < -0.4 is 0 Å². The summed E-state index contributed by atoms with van der Waals surface area (Å²) >= 11 is 0. The summed E-state index contributed by atoms with van der Waals surface area (Å²) in [5.41, 5.74) is 0. The van der Waals surface area contributed by atoms with Crippen LogP contribution in [0.3, 0.4) is 0 Å². The maximum absolute atomic E-state index is 12.0. The van der Waals surface area contributed by atoms with Crippen molar-refractivity contribution in [3.8, 4) is 0 Å². The van der Waals surface area contributed by atoms with Gasteiger partial charge < -0.3 is 14.0 Å². The van der Waals surface area contributed by atoms with Crippen molar-refractivity contribution in [1.29, 1.82) is 0 Å². The van der Waals surface area contributed by atoms with E-state index < -0.39 is 33.7 Å². The van der Waals surface area contributed by atoms with Gasteiger partial charge in [-0.2, -0.15) is 8.42 Å². The van der Waals surface area contributed by atoms with Crippen molar-refractivity contribution in [2.24, 2.45) is 0 Å². The van der Waals surface area contributed by atoms with E-state index >= 15 is 0 Å². The Balaban J connectivity index is 0. The van der Waals surface area contributed by atoms with Crippen LogP contribution in [0.25, 0.3) is 0 Å². The first kappa shape index (κ1) is 40.9. The minimum atomic E-state index is -4.73. The Morgan fingerprint density at radius 1 is 0.625 bits per heavy atom. The normalized spacial score (nSPS) is 12.4. The average Bonchev–Trinajstić information content (AvgIpc) is 2.87. The van der Waals surface area contributed by atoms with Crippen LogP contribution >= 0.6 is 0 Å². The minimum Gasteiger partial charge on any atom is -0.466 e. The molecule has 1 unspecified atom stereocenters. The second-order valence-corrected chi connectivity index (χ2v) is 13.5. The number of unbranched alkanes of at least 4 members (excludes halogenated alkanes) is 15. The van der Waals surface area contributed by atoms with Gasteiger partial charge in [-0.1, -0.05) is 111 Å². The van der Waals surface area contributed by atoms with E-state index in [9.17, 15) is 22.6 Å². The SMILES string of the molecule is CCCCCCCCOC(=O)CC(C(=O)OCCCCCCCC)S(=O)(=O)O.CCCCCCCC[N+](C)(C)C. The fourth-order valence-electron chi connectivity index (χ4n) is 4.10. The van der Waals surface area contributed by atoms with Crippen LogP contribution in [-0.2, 0) is 29.2 Å². The molecule has 0 saturated carbocycles. The summed E-state index contributed by atoms with van der Waals surface area (Å²) in [5, 5.41) is -1.93. The molecule has 0 bridgehead atoms. The van der Waals surface area contributed by atoms with Gasteiger partial charge in [0.1, 0.15) is 0 Å². The summed E-state index contributed by atoms with van der Waals surface area (Å²) in [6.45, 7) is 8.10. The van der Waals surface area contributed by atoms with Crippen molar-refractivity contribution >= 4 is 22.1 Å². The molecular formula is C31H64NO7S+. The van der Waals surface area contributed by atoms with Gasteiger partial charge in [0.05, 0.1) is 47.3 Å². The third-order valence-corrected chi connectivity index (χ3v) is 7.74. The zero-order chi connectivity index (χ0) is 30.7. The Kier molecular flexibility index (Phi) is 27.3. The lowest BCUT2D eigenvalue weighted by atomic mass is 10.1. The molecule has 0 aromatic heterocycles. The second kappa shape index (κ2) is 26.7. The Hall–Kier alpha value is -1.19. The average molecular weight is 595 g/mol. The first-order valence-corrected chi connectivity index (χ1v) is 17.5. The predicted octanol–water partition coefficient (Wildman–Crippen LogP) is 7.49. The predicted molar refractivity (Wildman–Crippen MR) is 165 cm³/mol. The van der Waals surface area contributed by atoms with Gasteiger partial charge in [0, 0.05) is 0 Å². The maximum Gasteiger partial charge on any atom is 0.327 e. The highest BCUT2D eigenvalue weighted by Gasteiger charge is 2.35. The lowest BCUT2D eigenvalue weighted by Crippen LogP contribution is -2.35. The zero-order valence-electron chi connectivity index (χ0n) is 26.9. The molecule has 40 heavy (non-hydrogen) atoms. The van der Waals surface area contributed by atoms with Gasteiger partial charge in [-0.05, 0) is 25.7 Å². The Morgan fingerprint density at radius 3 is 1.40 bits per heavy atom. The van der Waals surface area contributed by atoms with E-state index in [0.29, 0.717) is 12.8 Å². The molecular weight excluding hydrogens is 530 g/mol. The fraction of sp³-hybridized carbons (Fsp3) is 0.935. The van der Waals surface area contributed by atoms with Gasteiger partial charge in [-0.3, -0.25) is 14.1 Å². The van der Waals surface area contributed by atoms with Crippen molar-refractivity contribution in [3.05, 3.63) is 0 Å². The van der Waals surface area contributed by atoms with Crippen LogP contribution in [0.4, 0.5) is 0 Å². The molecule has 0 radical (unpaired) electrons. The van der Waals surface area contributed by atoms with Crippen LogP contribution in [0.5, 0.6) is 0 Å². The number of hydrogen-bond donors (Lipinski definition) is 1. The molecule has 1 atom stereocenters. The molecule has 8 nitrogen and oxygen atoms in total. The number of nitrogens with zero attached hydrogens (tertiary/aromatic N) is 1. The molecule has 0 aliphatic rings. The first-order chi connectivity index (χ1) is 18.9. The molecule has 0 aliphatic carbocycles. The smallest absolute Gasteiger partial charge is 0.327 e. The van der Waals surface area contributed by atoms with Crippen molar-refractivity contribution in [3.63, 3.8) is 0 Å². The molecule has 0 rings (SSSR count). The summed E-state index contributed by atoms with van der Waals surface area (Å²) in [5.74, 6) is -1.93. The number of carbonyl (C=O) groups excluding carboxylic acids is 2. The number of carbonyl (C=O) groups is 2. The largest absolute Gasteiger partial charge is 0.466 e. The highest BCUT2D eigenvalue weighted by Crippen LogP contribution is 2.12. The van der Waals surface area contributed by atoms with Crippen LogP contribution in [0.1, 0.15) is 143 Å². The Labute approximate surface area is 247 Å². The second-order valence-electron chi connectivity index (χ2n) is 11.9. The van der Waals surface area contributed by atoms with Crippen LogP contribution in [0.2, 0.25) is 0 Å². The van der Waals surface area contributed by atoms with E-state index in [1.807, 2.05) is 0 Å². The van der Waals surface area contributed by atoms with E-state index in [-0.39, 0.29) is 13.2 Å². The number of hydrogen-bond acceptors (Lipinski definition) is 6. The van der Waals surface area contributed by atoms with E-state index in [2.05, 4.69) is 41.9 Å². The van der Waals surface area contributed by atoms with Gasteiger partial charge in [0.25, 0.3) is 10.1 Å². The van der Waals surface area contributed by atoms with E-state index in [0.717, 1.165) is 62.3 Å². The van der Waals surface area contributed by atoms with Crippen molar-refractivity contribution in [1.82, 2.24) is 0 Å². The zero-order valence-corrected chi connectivity index (χ0v) is 27.7. The number of ether oxygens (including phenoxy) is 2. The maximum atomic E-state index is 12.0. The molecule has 0 aliphatic heterocycles. The molecule has 0 heterocycles. The van der Waals surface area contributed by atoms with Crippen LogP contribution in [0.15, 0.2) is 0 Å². The van der Waals surface area contributed by atoms with E-state index in [1.165, 1.54) is 51.5 Å². The summed E-state index contributed by atoms with van der Waals surface area (Å²) < 4.78 is 43.2. The number of quaternary nitrogens is 1. The molecule has 0 saturated heterocycles. The highest BCUT2D eigenvalue weighted by atomic mass is 32.2. The van der Waals surface area contributed by atoms with Gasteiger partial charge >= 0.3 is 11.9 Å². The van der Waals surface area contributed by atoms with Gasteiger partial charge in [-0.25, -0.2) is 0 Å². The monoisotopic (exact) mass is 594 g/mol. The quantitative estimate of drug-likeness (QED) is 0.0505. The minimum absolute atomic E-state index is 0.0732. The molecule has 0 fully saturated rings. The van der Waals surface area contributed by atoms with Crippen LogP contribution in [0, 0.1) is 0 Å². The van der Waals surface area contributed by atoms with Gasteiger partial charge in [0.15, 0.2) is 5.25 Å². The molecule has 9 heteroatoms. The highest BCUT2D eigenvalue weighted by molar-refractivity contribution is 7.87. The molecule has 0 aromatic carbocycles. The van der Waals surface area contributed by atoms with E-state index in [1.54, 1.807) is 0 Å². The first-order valence-electron chi connectivity index (χ1n) is 16.0. The summed E-state index contributed by atoms with van der Waals surface area (Å²) in [6, 6.07) is 0. The number of esters is 2. The lowest BCUT2D eigenvalue weighted by Gasteiger charge is -2.23. The Bertz CT molecular complexity index is 705. The molecule has 1 N–H and O–H groups in total. The molecule has 240 valence electrons. The molecule has 0 amide bonds. The molecule has 0 aromatic rings. The fourth-order valence-corrected chi connectivity index (χ4v) is 4.76. The molecule has 0 spiro atoms. The van der Waals surface area contributed by atoms with Crippen LogP contribution in [-0.4, -0.2) is 75.5 Å². The van der Waals surface area contributed by atoms with E-state index in [4.69, 9.17) is 9.47 Å². The third kappa shape index (κ3) is 29.8. The van der Waals surface area contributed by atoms with Crippen molar-refractivity contribution in [2.45, 2.75) is 148 Å². The topological polar surface area (TPSA) is 107 Å². The standard InChI is InChI=1S/C20H38O7S.C11H26N/c1-3-5-7-9-11-13-15-26-19(21)17-18(28(23,24)25)20(22)27-16-14-12-10-8-6-4-2;1-5-6-7-8-9-10-11-12(2,3)4/h18H,3-17H2,1-2H3,(H,23,24,25);5-11H2,1-4H3/q;+1. The number of rotatable bonds is 25.